The maximum Gasteiger partial charge on any atom is 0.326 e. The van der Waals surface area contributed by atoms with Crippen molar-refractivity contribution in [3.05, 3.63) is 101 Å². The fourth-order valence-corrected chi connectivity index (χ4v) is 2.98. The second-order valence-electron chi connectivity index (χ2n) is 7.10. The average Bonchev–Trinajstić information content (AvgIpc) is 2.81. The topological polar surface area (TPSA) is 102 Å². The van der Waals surface area contributed by atoms with E-state index in [0.29, 0.717) is 16.8 Å². The molecule has 0 saturated heterocycles. The van der Waals surface area contributed by atoms with Crippen molar-refractivity contribution in [2.24, 2.45) is 0 Å². The third kappa shape index (κ3) is 6.57. The number of amides is 2. The minimum absolute atomic E-state index is 0.0468. The lowest BCUT2D eigenvalue weighted by molar-refractivity contribution is -0.153. The fraction of sp³-hybridized carbons (Fsp3) is 0.120. The summed E-state index contributed by atoms with van der Waals surface area (Å²) >= 11 is 0. The Balaban J connectivity index is 1.70. The number of halogens is 1. The van der Waals surface area contributed by atoms with Gasteiger partial charge >= 0.3 is 5.97 Å². The molecule has 3 aromatic rings. The standard InChI is InChI=1S/C25H21FN2O5/c1-16(29)18-9-6-12-21(14-18)28-25(32)23(17-7-3-2-4-8-17)33-22(30)15-27-24(31)19-10-5-11-20(26)13-19/h2-14,23H,15H2,1H3,(H,27,31)(H,28,32). The van der Waals surface area contributed by atoms with Gasteiger partial charge in [0, 0.05) is 22.4 Å². The molecule has 0 aliphatic carbocycles. The van der Waals surface area contributed by atoms with Crippen molar-refractivity contribution in [1.82, 2.24) is 5.32 Å². The quantitative estimate of drug-likeness (QED) is 0.404. The first-order valence-electron chi connectivity index (χ1n) is 10.0. The molecule has 2 amide bonds. The van der Waals surface area contributed by atoms with Gasteiger partial charge in [0.05, 0.1) is 0 Å². The Morgan fingerprint density at radius 1 is 0.879 bits per heavy atom. The van der Waals surface area contributed by atoms with Crippen LogP contribution in [-0.4, -0.2) is 30.1 Å². The molecular weight excluding hydrogens is 427 g/mol. The molecule has 8 heteroatoms. The maximum absolute atomic E-state index is 13.3. The van der Waals surface area contributed by atoms with E-state index in [2.05, 4.69) is 10.6 Å². The smallest absolute Gasteiger partial charge is 0.326 e. The first-order valence-corrected chi connectivity index (χ1v) is 10.0. The molecule has 1 unspecified atom stereocenters. The molecule has 0 saturated carbocycles. The van der Waals surface area contributed by atoms with Crippen molar-refractivity contribution < 1.29 is 28.3 Å². The number of nitrogens with one attached hydrogen (secondary N) is 2. The summed E-state index contributed by atoms with van der Waals surface area (Å²) in [6, 6.07) is 19.7. The summed E-state index contributed by atoms with van der Waals surface area (Å²) in [5.74, 6) is -2.90. The van der Waals surface area contributed by atoms with E-state index in [9.17, 15) is 23.6 Å². The van der Waals surface area contributed by atoms with Crippen LogP contribution >= 0.6 is 0 Å². The summed E-state index contributed by atoms with van der Waals surface area (Å²) in [5.41, 5.74) is 1.25. The van der Waals surface area contributed by atoms with Crippen molar-refractivity contribution in [2.75, 3.05) is 11.9 Å². The highest BCUT2D eigenvalue weighted by Gasteiger charge is 2.25. The molecule has 0 aliphatic heterocycles. The lowest BCUT2D eigenvalue weighted by Crippen LogP contribution is -2.33. The monoisotopic (exact) mass is 448 g/mol. The molecule has 1 atom stereocenters. The average molecular weight is 448 g/mol. The number of carbonyl (C=O) groups excluding carboxylic acids is 4. The summed E-state index contributed by atoms with van der Waals surface area (Å²) in [6.45, 7) is 0.888. The molecule has 0 bridgehead atoms. The number of benzene rings is 3. The minimum Gasteiger partial charge on any atom is -0.446 e. The van der Waals surface area contributed by atoms with Crippen molar-refractivity contribution in [2.45, 2.75) is 13.0 Å². The van der Waals surface area contributed by atoms with Crippen LogP contribution in [0.5, 0.6) is 0 Å². The van der Waals surface area contributed by atoms with Crippen LogP contribution < -0.4 is 10.6 Å². The van der Waals surface area contributed by atoms with E-state index < -0.39 is 36.2 Å². The molecule has 0 aromatic heterocycles. The van der Waals surface area contributed by atoms with E-state index in [-0.39, 0.29) is 11.3 Å². The van der Waals surface area contributed by atoms with E-state index in [0.717, 1.165) is 6.07 Å². The Labute approximate surface area is 189 Å². The van der Waals surface area contributed by atoms with E-state index in [1.54, 1.807) is 48.5 Å². The van der Waals surface area contributed by atoms with Crippen LogP contribution in [-0.2, 0) is 14.3 Å². The van der Waals surface area contributed by atoms with Crippen LogP contribution in [0.25, 0.3) is 0 Å². The molecule has 0 spiro atoms. The van der Waals surface area contributed by atoms with Crippen LogP contribution in [0.2, 0.25) is 0 Å². The molecule has 3 rings (SSSR count). The lowest BCUT2D eigenvalue weighted by Gasteiger charge is -2.18. The van der Waals surface area contributed by atoms with E-state index in [4.69, 9.17) is 4.74 Å². The van der Waals surface area contributed by atoms with E-state index >= 15 is 0 Å². The van der Waals surface area contributed by atoms with Crippen LogP contribution in [0.3, 0.4) is 0 Å². The minimum atomic E-state index is -1.30. The summed E-state index contributed by atoms with van der Waals surface area (Å²) in [6.07, 6.45) is -1.30. The Bertz CT molecular complexity index is 1180. The van der Waals surface area contributed by atoms with Gasteiger partial charge in [-0.1, -0.05) is 48.5 Å². The van der Waals surface area contributed by atoms with Crippen LogP contribution in [0.1, 0.15) is 39.3 Å². The summed E-state index contributed by atoms with van der Waals surface area (Å²) in [7, 11) is 0. The number of hydrogen-bond donors (Lipinski definition) is 2. The highest BCUT2D eigenvalue weighted by molar-refractivity contribution is 5.99. The summed E-state index contributed by atoms with van der Waals surface area (Å²) in [5, 5.41) is 4.98. The number of carbonyl (C=O) groups is 4. The van der Waals surface area contributed by atoms with E-state index in [1.807, 2.05) is 0 Å². The van der Waals surface area contributed by atoms with Gasteiger partial charge in [-0.3, -0.25) is 19.2 Å². The van der Waals surface area contributed by atoms with Crippen LogP contribution in [0.15, 0.2) is 78.9 Å². The van der Waals surface area contributed by atoms with Gasteiger partial charge in [0.25, 0.3) is 11.8 Å². The van der Waals surface area contributed by atoms with Crippen molar-refractivity contribution in [3.8, 4) is 0 Å². The zero-order valence-corrected chi connectivity index (χ0v) is 17.7. The molecule has 0 aliphatic rings. The molecule has 0 fully saturated rings. The summed E-state index contributed by atoms with van der Waals surface area (Å²) in [4.78, 5) is 49.0. The van der Waals surface area contributed by atoms with Gasteiger partial charge in [-0.25, -0.2) is 4.39 Å². The lowest BCUT2D eigenvalue weighted by atomic mass is 10.1. The van der Waals surface area contributed by atoms with Crippen LogP contribution in [0.4, 0.5) is 10.1 Å². The molecule has 7 nitrogen and oxygen atoms in total. The van der Waals surface area contributed by atoms with Crippen LogP contribution in [0, 0.1) is 5.82 Å². The third-order valence-electron chi connectivity index (χ3n) is 4.61. The first kappa shape index (κ1) is 23.3. The second-order valence-corrected chi connectivity index (χ2v) is 7.10. The third-order valence-corrected chi connectivity index (χ3v) is 4.61. The maximum atomic E-state index is 13.3. The van der Waals surface area contributed by atoms with Crippen molar-refractivity contribution in [1.29, 1.82) is 0 Å². The van der Waals surface area contributed by atoms with Gasteiger partial charge in [0.2, 0.25) is 6.10 Å². The van der Waals surface area contributed by atoms with Crippen molar-refractivity contribution in [3.63, 3.8) is 0 Å². The van der Waals surface area contributed by atoms with Gasteiger partial charge in [-0.2, -0.15) is 0 Å². The number of ketones is 1. The van der Waals surface area contributed by atoms with Gasteiger partial charge in [0.15, 0.2) is 5.78 Å². The molecule has 0 radical (unpaired) electrons. The Morgan fingerprint density at radius 3 is 2.27 bits per heavy atom. The van der Waals surface area contributed by atoms with Gasteiger partial charge in [-0.15, -0.1) is 0 Å². The highest BCUT2D eigenvalue weighted by atomic mass is 19.1. The zero-order chi connectivity index (χ0) is 23.8. The second kappa shape index (κ2) is 10.8. The predicted octanol–water partition coefficient (Wildman–Crippen LogP) is 3.68. The van der Waals surface area contributed by atoms with Gasteiger partial charge in [0.1, 0.15) is 12.4 Å². The Morgan fingerprint density at radius 2 is 1.58 bits per heavy atom. The number of esters is 1. The Kier molecular flexibility index (Phi) is 7.64. The first-order chi connectivity index (χ1) is 15.8. The normalized spacial score (nSPS) is 11.2. The molecule has 2 N–H and O–H groups in total. The van der Waals surface area contributed by atoms with Gasteiger partial charge in [-0.05, 0) is 37.3 Å². The zero-order valence-electron chi connectivity index (χ0n) is 17.7. The Hall–Kier alpha value is -4.33. The largest absolute Gasteiger partial charge is 0.446 e. The number of Topliss-reactive ketones (excluding diaryl/α,β-unsaturated/α-hetero) is 1. The molecule has 3 aromatic carbocycles. The molecule has 33 heavy (non-hydrogen) atoms. The summed E-state index contributed by atoms with van der Waals surface area (Å²) < 4.78 is 18.6. The van der Waals surface area contributed by atoms with Gasteiger partial charge < -0.3 is 15.4 Å². The molecule has 0 heterocycles. The number of rotatable bonds is 8. The molecular formula is C25H21FN2O5. The number of hydrogen-bond acceptors (Lipinski definition) is 5. The SMILES string of the molecule is CC(=O)c1cccc(NC(=O)C(OC(=O)CNC(=O)c2cccc(F)c2)c2ccccc2)c1. The highest BCUT2D eigenvalue weighted by Crippen LogP contribution is 2.21. The predicted molar refractivity (Wildman–Crippen MR) is 119 cm³/mol. The molecule has 168 valence electrons. The number of anilines is 1. The van der Waals surface area contributed by atoms with Crippen molar-refractivity contribution >= 4 is 29.3 Å². The number of ether oxygens (including phenoxy) is 1. The fourth-order valence-electron chi connectivity index (χ4n) is 2.98. The van der Waals surface area contributed by atoms with E-state index in [1.165, 1.54) is 31.2 Å².